The monoisotopic (exact) mass is 347 g/mol. The van der Waals surface area contributed by atoms with Gasteiger partial charge in [0.05, 0.1) is 15.7 Å². The third kappa shape index (κ3) is 3.37. The van der Waals surface area contributed by atoms with E-state index in [-0.39, 0.29) is 5.02 Å². The molecule has 0 saturated carbocycles. The van der Waals surface area contributed by atoms with Crippen LogP contribution in [-0.4, -0.2) is 0 Å². The second-order valence-electron chi connectivity index (χ2n) is 3.73. The van der Waals surface area contributed by atoms with Crippen LogP contribution in [0.15, 0.2) is 40.9 Å². The van der Waals surface area contributed by atoms with E-state index < -0.39 is 5.82 Å². The number of rotatable bonds is 3. The van der Waals surface area contributed by atoms with Gasteiger partial charge < -0.3 is 5.32 Å². The van der Waals surface area contributed by atoms with Crippen LogP contribution >= 0.6 is 39.1 Å². The van der Waals surface area contributed by atoms with Crippen molar-refractivity contribution < 1.29 is 4.39 Å². The summed E-state index contributed by atoms with van der Waals surface area (Å²) in [6, 6.07) is 10.2. The van der Waals surface area contributed by atoms with Crippen LogP contribution in [-0.2, 0) is 6.54 Å². The van der Waals surface area contributed by atoms with Gasteiger partial charge in [-0.05, 0) is 35.9 Å². The lowest BCUT2D eigenvalue weighted by Gasteiger charge is -2.09. The van der Waals surface area contributed by atoms with E-state index in [9.17, 15) is 4.39 Å². The molecule has 0 saturated heterocycles. The highest BCUT2D eigenvalue weighted by Crippen LogP contribution is 2.26. The minimum Gasteiger partial charge on any atom is -0.380 e. The van der Waals surface area contributed by atoms with Crippen LogP contribution in [0.2, 0.25) is 10.0 Å². The van der Waals surface area contributed by atoms with Crippen molar-refractivity contribution >= 4 is 44.8 Å². The molecule has 0 amide bonds. The van der Waals surface area contributed by atoms with Crippen molar-refractivity contribution in [3.8, 4) is 0 Å². The first kappa shape index (κ1) is 13.7. The van der Waals surface area contributed by atoms with Crippen LogP contribution in [0.5, 0.6) is 0 Å². The number of hydrogen-bond donors (Lipinski definition) is 1. The first-order valence-electron chi connectivity index (χ1n) is 5.19. The van der Waals surface area contributed by atoms with Crippen LogP contribution in [0.4, 0.5) is 10.1 Å². The minimum absolute atomic E-state index is 0.124. The van der Waals surface area contributed by atoms with E-state index in [1.807, 2.05) is 12.1 Å². The maximum Gasteiger partial charge on any atom is 0.142 e. The molecule has 1 N–H and O–H groups in total. The molecule has 18 heavy (non-hydrogen) atoms. The Morgan fingerprint density at radius 3 is 2.50 bits per heavy atom. The second-order valence-corrected chi connectivity index (χ2v) is 5.46. The highest BCUT2D eigenvalue weighted by Gasteiger charge is 2.03. The molecule has 0 unspecified atom stereocenters. The largest absolute Gasteiger partial charge is 0.380 e. The predicted molar refractivity (Wildman–Crippen MR) is 77.9 cm³/mol. The predicted octanol–water partition coefficient (Wildman–Crippen LogP) is 5.51. The third-order valence-corrected chi connectivity index (χ3v) is 3.52. The van der Waals surface area contributed by atoms with Gasteiger partial charge in [0.25, 0.3) is 0 Å². The van der Waals surface area contributed by atoms with Crippen LogP contribution < -0.4 is 5.32 Å². The Balaban J connectivity index is 2.11. The van der Waals surface area contributed by atoms with Gasteiger partial charge in [-0.25, -0.2) is 4.39 Å². The molecular weight excluding hydrogens is 340 g/mol. The molecule has 0 aliphatic heterocycles. The topological polar surface area (TPSA) is 12.0 Å². The standard InChI is InChI=1S/C13H9BrCl2FN/c14-9-2-4-11(16)13(6-9)18-7-8-1-3-10(15)12(17)5-8/h1-6,18H,7H2. The lowest BCUT2D eigenvalue weighted by molar-refractivity contribution is 0.626. The van der Waals surface area contributed by atoms with E-state index in [0.29, 0.717) is 11.6 Å². The maximum atomic E-state index is 13.3. The summed E-state index contributed by atoms with van der Waals surface area (Å²) in [6.45, 7) is 0.476. The second kappa shape index (κ2) is 5.91. The molecule has 2 rings (SSSR count). The zero-order valence-corrected chi connectivity index (χ0v) is 12.3. The average molecular weight is 349 g/mol. The Kier molecular flexibility index (Phi) is 4.49. The number of anilines is 1. The van der Waals surface area contributed by atoms with Crippen LogP contribution in [0, 0.1) is 5.82 Å². The van der Waals surface area contributed by atoms with Crippen LogP contribution in [0.1, 0.15) is 5.56 Å². The number of benzene rings is 2. The molecule has 0 aromatic heterocycles. The molecule has 0 fully saturated rings. The minimum atomic E-state index is -0.420. The fourth-order valence-corrected chi connectivity index (χ4v) is 2.14. The highest BCUT2D eigenvalue weighted by atomic mass is 79.9. The zero-order chi connectivity index (χ0) is 13.1. The van der Waals surface area contributed by atoms with Gasteiger partial charge in [0.1, 0.15) is 5.82 Å². The van der Waals surface area contributed by atoms with Crippen molar-refractivity contribution in [2.24, 2.45) is 0 Å². The highest BCUT2D eigenvalue weighted by molar-refractivity contribution is 9.10. The summed E-state index contributed by atoms with van der Waals surface area (Å²) >= 11 is 15.0. The normalized spacial score (nSPS) is 10.4. The molecule has 0 heterocycles. The molecule has 0 aliphatic rings. The molecule has 0 radical (unpaired) electrons. The maximum absolute atomic E-state index is 13.3. The molecule has 0 aliphatic carbocycles. The first-order chi connectivity index (χ1) is 8.56. The fourth-order valence-electron chi connectivity index (χ4n) is 1.48. The van der Waals surface area contributed by atoms with Gasteiger partial charge in [0.2, 0.25) is 0 Å². The van der Waals surface area contributed by atoms with Gasteiger partial charge in [-0.1, -0.05) is 45.2 Å². The molecular formula is C13H9BrCl2FN. The van der Waals surface area contributed by atoms with Crippen LogP contribution in [0.3, 0.4) is 0 Å². The van der Waals surface area contributed by atoms with Gasteiger partial charge in [0.15, 0.2) is 0 Å². The summed E-state index contributed by atoms with van der Waals surface area (Å²) < 4.78 is 14.2. The molecule has 2 aromatic carbocycles. The smallest absolute Gasteiger partial charge is 0.142 e. The number of hydrogen-bond acceptors (Lipinski definition) is 1. The molecule has 5 heteroatoms. The summed E-state index contributed by atoms with van der Waals surface area (Å²) in [4.78, 5) is 0. The summed E-state index contributed by atoms with van der Waals surface area (Å²) in [5.74, 6) is -0.420. The summed E-state index contributed by atoms with van der Waals surface area (Å²) in [6.07, 6.45) is 0. The molecule has 94 valence electrons. The molecule has 0 spiro atoms. The van der Waals surface area contributed by atoms with Gasteiger partial charge in [-0.2, -0.15) is 0 Å². The quantitative estimate of drug-likeness (QED) is 0.771. The van der Waals surface area contributed by atoms with E-state index in [0.717, 1.165) is 15.7 Å². The van der Waals surface area contributed by atoms with Crippen molar-refractivity contribution in [1.82, 2.24) is 0 Å². The SMILES string of the molecule is Fc1cc(CNc2cc(Br)ccc2Cl)ccc1Cl. The number of nitrogens with one attached hydrogen (secondary N) is 1. The van der Waals surface area contributed by atoms with Crippen LogP contribution in [0.25, 0.3) is 0 Å². The van der Waals surface area contributed by atoms with Crippen molar-refractivity contribution in [1.29, 1.82) is 0 Å². The summed E-state index contributed by atoms with van der Waals surface area (Å²) in [7, 11) is 0. The Morgan fingerprint density at radius 1 is 1.06 bits per heavy atom. The van der Waals surface area contributed by atoms with Crippen molar-refractivity contribution in [2.75, 3.05) is 5.32 Å². The van der Waals surface area contributed by atoms with Crippen molar-refractivity contribution in [3.05, 3.63) is 62.3 Å². The molecule has 0 bridgehead atoms. The Morgan fingerprint density at radius 2 is 1.78 bits per heavy atom. The van der Waals surface area contributed by atoms with Gasteiger partial charge in [0, 0.05) is 11.0 Å². The Labute approximate surface area is 123 Å². The lowest BCUT2D eigenvalue weighted by atomic mass is 10.2. The lowest BCUT2D eigenvalue weighted by Crippen LogP contribution is -2.00. The van der Waals surface area contributed by atoms with Crippen molar-refractivity contribution in [2.45, 2.75) is 6.54 Å². The molecule has 0 atom stereocenters. The summed E-state index contributed by atoms with van der Waals surface area (Å²) in [5.41, 5.74) is 1.59. The van der Waals surface area contributed by atoms with Gasteiger partial charge >= 0.3 is 0 Å². The fraction of sp³-hybridized carbons (Fsp3) is 0.0769. The molecule has 1 nitrogen and oxygen atoms in total. The summed E-state index contributed by atoms with van der Waals surface area (Å²) in [5, 5.41) is 3.89. The average Bonchev–Trinajstić information content (AvgIpc) is 2.34. The van der Waals surface area contributed by atoms with E-state index in [1.165, 1.54) is 12.1 Å². The van der Waals surface area contributed by atoms with E-state index in [4.69, 9.17) is 23.2 Å². The zero-order valence-electron chi connectivity index (χ0n) is 9.18. The van der Waals surface area contributed by atoms with Crippen molar-refractivity contribution in [3.63, 3.8) is 0 Å². The van der Waals surface area contributed by atoms with Gasteiger partial charge in [-0.15, -0.1) is 0 Å². The van der Waals surface area contributed by atoms with Gasteiger partial charge in [-0.3, -0.25) is 0 Å². The molecule has 2 aromatic rings. The Bertz CT molecular complexity index is 575. The Hall–Kier alpha value is -0.770. The van der Waals surface area contributed by atoms with E-state index in [1.54, 1.807) is 12.1 Å². The number of halogens is 4. The third-order valence-electron chi connectivity index (χ3n) is 2.40. The first-order valence-corrected chi connectivity index (χ1v) is 6.74. The van der Waals surface area contributed by atoms with E-state index >= 15 is 0 Å². The van der Waals surface area contributed by atoms with E-state index in [2.05, 4.69) is 21.2 Å².